The van der Waals surface area contributed by atoms with Gasteiger partial charge >= 0.3 is 0 Å². The predicted molar refractivity (Wildman–Crippen MR) is 114 cm³/mol. The number of halogens is 2. The molecule has 0 saturated carbocycles. The van der Waals surface area contributed by atoms with E-state index >= 15 is 0 Å². The summed E-state index contributed by atoms with van der Waals surface area (Å²) in [4.78, 5) is 31.3. The van der Waals surface area contributed by atoms with Gasteiger partial charge in [0.2, 0.25) is 0 Å². The van der Waals surface area contributed by atoms with Gasteiger partial charge in [-0.15, -0.1) is 0 Å². The second-order valence-corrected chi connectivity index (χ2v) is 7.97. The summed E-state index contributed by atoms with van der Waals surface area (Å²) in [5, 5.41) is 1.46. The van der Waals surface area contributed by atoms with E-state index in [1.165, 1.54) is 22.4 Å². The van der Waals surface area contributed by atoms with E-state index in [2.05, 4.69) is 4.99 Å². The fraction of sp³-hybridized carbons (Fsp3) is 0.316. The van der Waals surface area contributed by atoms with Gasteiger partial charge in [0.15, 0.2) is 5.17 Å². The quantitative estimate of drug-likeness (QED) is 0.703. The van der Waals surface area contributed by atoms with Crippen LogP contribution < -0.4 is 5.56 Å². The van der Waals surface area contributed by atoms with Gasteiger partial charge in [-0.05, 0) is 30.7 Å². The summed E-state index contributed by atoms with van der Waals surface area (Å²) in [6.45, 7) is 1.33. The summed E-state index contributed by atoms with van der Waals surface area (Å²) >= 11 is 13.5. The van der Waals surface area contributed by atoms with E-state index in [0.717, 1.165) is 12.2 Å². The molecule has 1 fully saturated rings. The van der Waals surface area contributed by atoms with Crippen LogP contribution in [0.4, 0.5) is 5.69 Å². The van der Waals surface area contributed by atoms with Crippen molar-refractivity contribution in [3.63, 3.8) is 0 Å². The molecule has 9 heteroatoms. The average Bonchev–Trinajstić information content (AvgIpc) is 2.70. The molecule has 2 heterocycles. The van der Waals surface area contributed by atoms with Crippen molar-refractivity contribution in [3.05, 3.63) is 62.5 Å². The molecule has 28 heavy (non-hydrogen) atoms. The van der Waals surface area contributed by atoms with Crippen molar-refractivity contribution >= 4 is 51.7 Å². The molecule has 0 aliphatic carbocycles. The summed E-state index contributed by atoms with van der Waals surface area (Å²) < 4.78 is 6.50. The summed E-state index contributed by atoms with van der Waals surface area (Å²) in [6, 6.07) is 8.04. The van der Waals surface area contributed by atoms with Gasteiger partial charge in [-0.25, -0.2) is 4.99 Å². The summed E-state index contributed by atoms with van der Waals surface area (Å²) in [6.07, 6.45) is 2.43. The number of amides is 1. The third kappa shape index (κ3) is 4.97. The van der Waals surface area contributed by atoms with Gasteiger partial charge in [-0.1, -0.05) is 35.0 Å². The van der Waals surface area contributed by atoms with E-state index in [1.807, 2.05) is 0 Å². The third-order valence-corrected chi connectivity index (χ3v) is 5.93. The molecule has 1 aliphatic rings. The second-order valence-electron chi connectivity index (χ2n) is 6.09. The normalized spacial score (nSPS) is 15.8. The lowest BCUT2D eigenvalue weighted by atomic mass is 10.2. The minimum Gasteiger partial charge on any atom is -0.383 e. The van der Waals surface area contributed by atoms with Crippen molar-refractivity contribution < 1.29 is 9.53 Å². The second kappa shape index (κ2) is 9.60. The van der Waals surface area contributed by atoms with Crippen molar-refractivity contribution in [2.75, 3.05) is 26.0 Å². The van der Waals surface area contributed by atoms with E-state index in [4.69, 9.17) is 27.9 Å². The molecule has 148 valence electrons. The minimum absolute atomic E-state index is 0.175. The Morgan fingerprint density at radius 1 is 1.25 bits per heavy atom. The number of thioether (sulfide) groups is 1. The number of carbonyl (C=O) groups is 1. The van der Waals surface area contributed by atoms with Gasteiger partial charge in [0.1, 0.15) is 0 Å². The largest absolute Gasteiger partial charge is 0.383 e. The first-order chi connectivity index (χ1) is 13.5. The van der Waals surface area contributed by atoms with Crippen LogP contribution in [0.25, 0.3) is 0 Å². The van der Waals surface area contributed by atoms with E-state index in [9.17, 15) is 9.59 Å². The Bertz CT molecular complexity index is 962. The van der Waals surface area contributed by atoms with Crippen molar-refractivity contribution in [1.29, 1.82) is 0 Å². The van der Waals surface area contributed by atoms with Crippen LogP contribution in [0, 0.1) is 0 Å². The standard InChI is InChI=1S/C19H19Cl2N3O3S/c1-27-9-8-23-12-13(3-6-17(23)25)18(26)24-7-2-10-28-19(24)22-14-4-5-15(20)16(21)11-14/h3-6,11-12H,2,7-10H2,1H3. The Morgan fingerprint density at radius 2 is 2.07 bits per heavy atom. The highest BCUT2D eigenvalue weighted by Crippen LogP contribution is 2.29. The molecule has 0 bridgehead atoms. The Morgan fingerprint density at radius 3 is 2.82 bits per heavy atom. The molecule has 6 nitrogen and oxygen atoms in total. The molecule has 0 spiro atoms. The van der Waals surface area contributed by atoms with Crippen molar-refractivity contribution in [1.82, 2.24) is 9.47 Å². The number of carbonyl (C=O) groups excluding carboxylic acids is 1. The number of ether oxygens (including phenoxy) is 1. The topological polar surface area (TPSA) is 63.9 Å². The molecule has 1 aliphatic heterocycles. The Kier molecular flexibility index (Phi) is 7.18. The predicted octanol–water partition coefficient (Wildman–Crippen LogP) is 4.07. The van der Waals surface area contributed by atoms with Crippen LogP contribution in [0.5, 0.6) is 0 Å². The Hall–Kier alpha value is -1.80. The van der Waals surface area contributed by atoms with Gasteiger partial charge in [0.25, 0.3) is 11.5 Å². The van der Waals surface area contributed by atoms with Gasteiger partial charge in [-0.3, -0.25) is 14.5 Å². The van der Waals surface area contributed by atoms with Crippen LogP contribution in [0.2, 0.25) is 10.0 Å². The fourth-order valence-corrected chi connectivity index (χ4v) is 3.93. The number of amidine groups is 1. The number of aliphatic imine (C=N–C) groups is 1. The summed E-state index contributed by atoms with van der Waals surface area (Å²) in [7, 11) is 1.57. The summed E-state index contributed by atoms with van der Waals surface area (Å²) in [5.41, 5.74) is 0.882. The van der Waals surface area contributed by atoms with E-state index in [0.29, 0.717) is 46.2 Å². The smallest absolute Gasteiger partial charge is 0.261 e. The van der Waals surface area contributed by atoms with E-state index in [1.54, 1.807) is 42.5 Å². The maximum absolute atomic E-state index is 13.1. The lowest BCUT2D eigenvalue weighted by Gasteiger charge is -2.28. The third-order valence-electron chi connectivity index (χ3n) is 4.13. The maximum Gasteiger partial charge on any atom is 0.261 e. The highest BCUT2D eigenvalue weighted by molar-refractivity contribution is 8.13. The van der Waals surface area contributed by atoms with Crippen LogP contribution in [-0.4, -0.2) is 46.6 Å². The molecule has 0 unspecified atom stereocenters. The molecular weight excluding hydrogens is 421 g/mol. The zero-order chi connectivity index (χ0) is 20.1. The molecule has 1 aromatic carbocycles. The van der Waals surface area contributed by atoms with E-state index in [-0.39, 0.29) is 11.5 Å². The van der Waals surface area contributed by atoms with Crippen LogP contribution in [-0.2, 0) is 11.3 Å². The first-order valence-corrected chi connectivity index (χ1v) is 10.4. The van der Waals surface area contributed by atoms with Crippen molar-refractivity contribution in [2.45, 2.75) is 13.0 Å². The first kappa shape index (κ1) is 20.9. The van der Waals surface area contributed by atoms with Gasteiger partial charge < -0.3 is 9.30 Å². The molecular formula is C19H19Cl2N3O3S. The zero-order valence-corrected chi connectivity index (χ0v) is 17.6. The molecule has 1 aromatic heterocycles. The van der Waals surface area contributed by atoms with Crippen LogP contribution in [0.15, 0.2) is 46.3 Å². The SMILES string of the molecule is COCCn1cc(C(=O)N2CCCSC2=Nc2ccc(Cl)c(Cl)c2)ccc1=O. The molecule has 3 rings (SSSR count). The lowest BCUT2D eigenvalue weighted by molar-refractivity contribution is 0.0848. The molecule has 0 N–H and O–H groups in total. The molecule has 0 radical (unpaired) electrons. The van der Waals surface area contributed by atoms with Gasteiger partial charge in [0.05, 0.1) is 27.9 Å². The van der Waals surface area contributed by atoms with Gasteiger partial charge in [0, 0.05) is 38.2 Å². The minimum atomic E-state index is -0.197. The first-order valence-electron chi connectivity index (χ1n) is 8.67. The average molecular weight is 440 g/mol. The number of rotatable bonds is 5. The lowest BCUT2D eigenvalue weighted by Crippen LogP contribution is -2.39. The molecule has 1 amide bonds. The zero-order valence-electron chi connectivity index (χ0n) is 15.2. The number of aromatic nitrogens is 1. The molecule has 2 aromatic rings. The number of nitrogens with zero attached hydrogens (tertiary/aromatic N) is 3. The van der Waals surface area contributed by atoms with Crippen LogP contribution in [0.3, 0.4) is 0 Å². The number of hydrogen-bond acceptors (Lipinski definition) is 5. The number of hydrogen-bond donors (Lipinski definition) is 0. The molecule has 0 atom stereocenters. The molecule has 1 saturated heterocycles. The van der Waals surface area contributed by atoms with Gasteiger partial charge in [-0.2, -0.15) is 0 Å². The number of benzene rings is 1. The summed E-state index contributed by atoms with van der Waals surface area (Å²) in [5.74, 6) is 0.675. The number of methoxy groups -OCH3 is 1. The number of pyridine rings is 1. The van der Waals surface area contributed by atoms with E-state index < -0.39 is 0 Å². The monoisotopic (exact) mass is 439 g/mol. The Labute approximate surface area is 177 Å². The Balaban J connectivity index is 1.89. The highest BCUT2D eigenvalue weighted by Gasteiger charge is 2.25. The van der Waals surface area contributed by atoms with Crippen molar-refractivity contribution in [3.8, 4) is 0 Å². The van der Waals surface area contributed by atoms with Crippen molar-refractivity contribution in [2.24, 2.45) is 4.99 Å². The fourth-order valence-electron chi connectivity index (χ4n) is 2.68. The highest BCUT2D eigenvalue weighted by atomic mass is 35.5. The van der Waals surface area contributed by atoms with Crippen LogP contribution in [0.1, 0.15) is 16.8 Å². The maximum atomic E-state index is 13.1. The van der Waals surface area contributed by atoms with Crippen LogP contribution >= 0.6 is 35.0 Å².